The Hall–Kier alpha value is -2.89. The van der Waals surface area contributed by atoms with E-state index in [-0.39, 0.29) is 43.9 Å². The molecule has 2 atom stereocenters. The highest BCUT2D eigenvalue weighted by atomic mass is 19.4. The van der Waals surface area contributed by atoms with Crippen LogP contribution in [-0.4, -0.2) is 38.2 Å². The Morgan fingerprint density at radius 2 is 1.77 bits per heavy atom. The third kappa shape index (κ3) is 3.91. The summed E-state index contributed by atoms with van der Waals surface area (Å²) in [5.41, 5.74) is 6.37. The summed E-state index contributed by atoms with van der Waals surface area (Å²) in [4.78, 5) is 14.2. The van der Waals surface area contributed by atoms with Crippen LogP contribution in [0.1, 0.15) is 36.0 Å². The maximum atomic E-state index is 14.1. The molecule has 0 saturated heterocycles. The molecule has 2 heterocycles. The molecule has 31 heavy (non-hydrogen) atoms. The second kappa shape index (κ2) is 7.66. The Morgan fingerprint density at radius 1 is 1.06 bits per heavy atom. The van der Waals surface area contributed by atoms with Crippen molar-refractivity contribution in [2.75, 3.05) is 6.54 Å². The molecule has 0 bridgehead atoms. The van der Waals surface area contributed by atoms with Gasteiger partial charge in [-0.3, -0.25) is 4.79 Å². The number of allylic oxidation sites excluding steroid dienone is 1. The fourth-order valence-electron chi connectivity index (χ4n) is 4.02. The molecule has 1 amide bonds. The molecule has 2 N–H and O–H groups in total. The van der Waals surface area contributed by atoms with E-state index in [9.17, 15) is 31.1 Å². The van der Waals surface area contributed by atoms with E-state index in [1.165, 1.54) is 4.90 Å². The minimum Gasteiger partial charge on any atom is -0.330 e. The van der Waals surface area contributed by atoms with E-state index in [4.69, 9.17) is 5.73 Å². The molecule has 6 nitrogen and oxygen atoms in total. The Morgan fingerprint density at radius 3 is 2.45 bits per heavy atom. The topological polar surface area (TPSA) is 77.0 Å². The Labute approximate surface area is 172 Å². The predicted octanol–water partition coefficient (Wildman–Crippen LogP) is 2.89. The first kappa shape index (κ1) is 21.3. The molecule has 0 saturated carbocycles. The molecule has 2 unspecified atom stereocenters. The number of halogens is 6. The van der Waals surface area contributed by atoms with Gasteiger partial charge >= 0.3 is 6.18 Å². The van der Waals surface area contributed by atoms with Gasteiger partial charge in [-0.25, -0.2) is 13.2 Å². The number of benzene rings is 1. The number of aromatic nitrogens is 3. The van der Waals surface area contributed by atoms with Crippen molar-refractivity contribution in [2.24, 2.45) is 5.73 Å². The third-order valence-electron chi connectivity index (χ3n) is 5.60. The molecule has 4 rings (SSSR count). The van der Waals surface area contributed by atoms with Crippen molar-refractivity contribution >= 4 is 5.91 Å². The van der Waals surface area contributed by atoms with Crippen LogP contribution in [0.15, 0.2) is 23.8 Å². The van der Waals surface area contributed by atoms with Crippen LogP contribution < -0.4 is 5.73 Å². The van der Waals surface area contributed by atoms with Gasteiger partial charge < -0.3 is 15.2 Å². The van der Waals surface area contributed by atoms with Gasteiger partial charge in [-0.15, -0.1) is 10.2 Å². The van der Waals surface area contributed by atoms with E-state index in [0.29, 0.717) is 11.6 Å². The standard InChI is InChI=1S/C19H17F6N5O/c20-12-7-14(22)13(21)6-11(12)10-2-1-9(5-15(10)26)17(31)29-3-4-30-16(8-29)27-28-18(30)19(23,24)25/h1,6-7,10,15H,2-5,8,26H2. The van der Waals surface area contributed by atoms with Crippen LogP contribution >= 0.6 is 0 Å². The number of hydrogen-bond acceptors (Lipinski definition) is 4. The Balaban J connectivity index is 1.50. The maximum Gasteiger partial charge on any atom is 0.451 e. The van der Waals surface area contributed by atoms with Gasteiger partial charge in [0.2, 0.25) is 11.7 Å². The van der Waals surface area contributed by atoms with Gasteiger partial charge in [0.25, 0.3) is 0 Å². The van der Waals surface area contributed by atoms with Crippen LogP contribution in [0.3, 0.4) is 0 Å². The molecular formula is C19H17F6N5O. The lowest BCUT2D eigenvalue weighted by molar-refractivity contribution is -0.148. The summed E-state index contributed by atoms with van der Waals surface area (Å²) < 4.78 is 80.6. The second-order valence-electron chi connectivity index (χ2n) is 7.54. The van der Waals surface area contributed by atoms with Gasteiger partial charge in [-0.05, 0) is 24.5 Å². The lowest BCUT2D eigenvalue weighted by Gasteiger charge is -2.33. The van der Waals surface area contributed by atoms with Crippen molar-refractivity contribution < 1.29 is 31.1 Å². The summed E-state index contributed by atoms with van der Waals surface area (Å²) in [6.07, 6.45) is -2.90. The van der Waals surface area contributed by atoms with Gasteiger partial charge in [0, 0.05) is 36.7 Å². The normalized spacial score (nSPS) is 21.6. The summed E-state index contributed by atoms with van der Waals surface area (Å²) in [5, 5.41) is 6.71. The zero-order chi connectivity index (χ0) is 22.5. The number of carbonyl (C=O) groups is 1. The lowest BCUT2D eigenvalue weighted by atomic mass is 9.80. The first-order valence-corrected chi connectivity index (χ1v) is 9.44. The Kier molecular flexibility index (Phi) is 5.28. The summed E-state index contributed by atoms with van der Waals surface area (Å²) >= 11 is 0. The van der Waals surface area contributed by atoms with Gasteiger partial charge in [0.1, 0.15) is 5.82 Å². The summed E-state index contributed by atoms with van der Waals surface area (Å²) in [7, 11) is 0. The van der Waals surface area contributed by atoms with Gasteiger partial charge in [-0.1, -0.05) is 6.08 Å². The number of amides is 1. The Bertz CT molecular complexity index is 1060. The smallest absolute Gasteiger partial charge is 0.330 e. The van der Waals surface area contributed by atoms with Crippen LogP contribution in [0.25, 0.3) is 0 Å². The molecule has 1 aromatic carbocycles. The predicted molar refractivity (Wildman–Crippen MR) is 94.8 cm³/mol. The summed E-state index contributed by atoms with van der Waals surface area (Å²) in [5.74, 6) is -5.56. The van der Waals surface area contributed by atoms with Crippen molar-refractivity contribution in [1.82, 2.24) is 19.7 Å². The number of hydrogen-bond donors (Lipinski definition) is 1. The van der Waals surface area contributed by atoms with E-state index >= 15 is 0 Å². The van der Waals surface area contributed by atoms with Crippen molar-refractivity contribution in [1.29, 1.82) is 0 Å². The molecule has 0 radical (unpaired) electrons. The SMILES string of the molecule is NC1CC(C(=O)N2CCn3c(nnc3C(F)(F)F)C2)=CCC1c1cc(F)c(F)cc1F. The number of rotatable bonds is 2. The van der Waals surface area contributed by atoms with Crippen molar-refractivity contribution in [3.63, 3.8) is 0 Å². The van der Waals surface area contributed by atoms with Gasteiger partial charge in [0.15, 0.2) is 17.5 Å². The first-order chi connectivity index (χ1) is 14.6. The molecule has 12 heteroatoms. The molecule has 166 valence electrons. The highest BCUT2D eigenvalue weighted by Gasteiger charge is 2.40. The molecule has 0 fully saturated rings. The van der Waals surface area contributed by atoms with E-state index in [2.05, 4.69) is 10.2 Å². The molecule has 1 aliphatic carbocycles. The monoisotopic (exact) mass is 445 g/mol. The van der Waals surface area contributed by atoms with E-state index in [0.717, 1.165) is 10.6 Å². The molecule has 1 aromatic heterocycles. The van der Waals surface area contributed by atoms with Crippen LogP contribution in [0.5, 0.6) is 0 Å². The van der Waals surface area contributed by atoms with Crippen LogP contribution in [0.2, 0.25) is 0 Å². The fourth-order valence-corrected chi connectivity index (χ4v) is 4.02. The molecule has 2 aliphatic rings. The van der Waals surface area contributed by atoms with Gasteiger partial charge in [0.05, 0.1) is 6.54 Å². The molecule has 1 aliphatic heterocycles. The zero-order valence-corrected chi connectivity index (χ0v) is 16.0. The first-order valence-electron chi connectivity index (χ1n) is 9.44. The number of nitrogens with two attached hydrogens (primary N) is 1. The average molecular weight is 445 g/mol. The molecular weight excluding hydrogens is 428 g/mol. The minimum atomic E-state index is -4.64. The van der Waals surface area contributed by atoms with E-state index < -0.39 is 47.3 Å². The summed E-state index contributed by atoms with van der Waals surface area (Å²) in [6.45, 7) is -0.221. The fraction of sp³-hybridized carbons (Fsp3) is 0.421. The van der Waals surface area contributed by atoms with E-state index in [1.807, 2.05) is 0 Å². The van der Waals surface area contributed by atoms with Crippen LogP contribution in [0.4, 0.5) is 26.3 Å². The largest absolute Gasteiger partial charge is 0.451 e. The average Bonchev–Trinajstić information content (AvgIpc) is 3.14. The highest BCUT2D eigenvalue weighted by molar-refractivity contribution is 5.93. The summed E-state index contributed by atoms with van der Waals surface area (Å²) in [6, 6.07) is 0.500. The maximum absolute atomic E-state index is 14.1. The number of fused-ring (bicyclic) bond motifs is 1. The number of nitrogens with zero attached hydrogens (tertiary/aromatic N) is 4. The quantitative estimate of drug-likeness (QED) is 0.570. The zero-order valence-electron chi connectivity index (χ0n) is 16.0. The number of alkyl halides is 3. The van der Waals surface area contributed by atoms with Gasteiger partial charge in [-0.2, -0.15) is 13.2 Å². The minimum absolute atomic E-state index is 0.0226. The van der Waals surface area contributed by atoms with Crippen LogP contribution in [-0.2, 0) is 24.1 Å². The lowest BCUT2D eigenvalue weighted by Crippen LogP contribution is -2.42. The van der Waals surface area contributed by atoms with Crippen molar-refractivity contribution in [2.45, 2.75) is 44.1 Å². The molecule has 2 aromatic rings. The highest BCUT2D eigenvalue weighted by Crippen LogP contribution is 2.35. The van der Waals surface area contributed by atoms with Crippen molar-refractivity contribution in [3.05, 3.63) is 58.4 Å². The van der Waals surface area contributed by atoms with Crippen molar-refractivity contribution in [3.8, 4) is 0 Å². The molecule has 0 spiro atoms. The number of carbonyl (C=O) groups excluding carboxylic acids is 1. The second-order valence-corrected chi connectivity index (χ2v) is 7.54. The third-order valence-corrected chi connectivity index (χ3v) is 5.60. The van der Waals surface area contributed by atoms with Crippen LogP contribution in [0, 0.1) is 17.5 Å². The van der Waals surface area contributed by atoms with E-state index in [1.54, 1.807) is 6.08 Å².